The van der Waals surface area contributed by atoms with Gasteiger partial charge in [0, 0.05) is 23.1 Å². The Morgan fingerprint density at radius 3 is 2.44 bits per heavy atom. The molecule has 0 fully saturated rings. The molecule has 0 radical (unpaired) electrons. The van der Waals surface area contributed by atoms with Crippen molar-refractivity contribution in [3.8, 4) is 0 Å². The minimum atomic E-state index is -0.563. The van der Waals surface area contributed by atoms with E-state index in [1.54, 1.807) is 30.0 Å². The van der Waals surface area contributed by atoms with E-state index in [1.807, 2.05) is 37.3 Å². The molecule has 144 valence electrons. The molecular formula is C21H24Cl2N2O2. The summed E-state index contributed by atoms with van der Waals surface area (Å²) in [5, 5.41) is 3.75. The number of nitrogens with zero attached hydrogens (tertiary/aromatic N) is 1. The molecular weight excluding hydrogens is 383 g/mol. The van der Waals surface area contributed by atoms with Crippen LogP contribution in [0.25, 0.3) is 0 Å². The van der Waals surface area contributed by atoms with Crippen LogP contribution in [0.2, 0.25) is 10.0 Å². The number of hydrogen-bond acceptors (Lipinski definition) is 2. The minimum absolute atomic E-state index is 0.120. The van der Waals surface area contributed by atoms with E-state index in [4.69, 9.17) is 23.2 Å². The van der Waals surface area contributed by atoms with Crippen molar-refractivity contribution in [2.24, 2.45) is 0 Å². The van der Waals surface area contributed by atoms with Gasteiger partial charge in [0.15, 0.2) is 0 Å². The number of halogens is 2. The first kappa shape index (κ1) is 21.3. The van der Waals surface area contributed by atoms with Gasteiger partial charge in [0.1, 0.15) is 6.04 Å². The molecule has 0 bridgehead atoms. The van der Waals surface area contributed by atoms with Crippen LogP contribution in [0, 0.1) is 0 Å². The highest BCUT2D eigenvalue weighted by Crippen LogP contribution is 2.22. The van der Waals surface area contributed by atoms with Crippen molar-refractivity contribution in [2.75, 3.05) is 13.1 Å². The number of benzene rings is 2. The summed E-state index contributed by atoms with van der Waals surface area (Å²) >= 11 is 12.1. The zero-order valence-corrected chi connectivity index (χ0v) is 17.1. The predicted molar refractivity (Wildman–Crippen MR) is 110 cm³/mol. The fourth-order valence-corrected chi connectivity index (χ4v) is 3.30. The van der Waals surface area contributed by atoms with Gasteiger partial charge in [-0.05, 0) is 43.5 Å². The lowest BCUT2D eigenvalue weighted by molar-refractivity contribution is -0.139. The van der Waals surface area contributed by atoms with Gasteiger partial charge in [-0.1, -0.05) is 59.6 Å². The maximum Gasteiger partial charge on any atom is 0.242 e. The molecule has 1 N–H and O–H groups in total. The number of carbonyl (C=O) groups is 2. The molecule has 6 heteroatoms. The van der Waals surface area contributed by atoms with Gasteiger partial charge in [0.25, 0.3) is 0 Å². The lowest BCUT2D eigenvalue weighted by Gasteiger charge is -2.29. The molecule has 1 atom stereocenters. The Kier molecular flexibility index (Phi) is 8.14. The zero-order chi connectivity index (χ0) is 19.8. The number of amides is 2. The second-order valence-corrected chi connectivity index (χ2v) is 7.15. The second kappa shape index (κ2) is 10.3. The van der Waals surface area contributed by atoms with Crippen LogP contribution >= 0.6 is 23.2 Å². The van der Waals surface area contributed by atoms with Crippen LogP contribution in [0.15, 0.2) is 48.5 Å². The standard InChI is InChI=1S/C21H24Cl2N2O2/c1-3-24-21(27)15(2)25(12-11-16-7-5-4-6-8-16)20(26)13-17-9-10-18(22)14-19(17)23/h4-10,14-15H,3,11-13H2,1-2H3,(H,24,27)/t15-/m0/s1. The number of carbonyl (C=O) groups excluding carboxylic acids is 2. The van der Waals surface area contributed by atoms with Gasteiger partial charge in [0.05, 0.1) is 6.42 Å². The van der Waals surface area contributed by atoms with E-state index in [-0.39, 0.29) is 18.2 Å². The summed E-state index contributed by atoms with van der Waals surface area (Å²) in [5.41, 5.74) is 1.81. The summed E-state index contributed by atoms with van der Waals surface area (Å²) in [4.78, 5) is 26.9. The number of rotatable bonds is 8. The highest BCUT2D eigenvalue weighted by molar-refractivity contribution is 6.35. The predicted octanol–water partition coefficient (Wildman–Crippen LogP) is 4.13. The van der Waals surface area contributed by atoms with Crippen LogP contribution < -0.4 is 5.32 Å². The summed E-state index contributed by atoms with van der Waals surface area (Å²) in [6.07, 6.45) is 0.791. The van der Waals surface area contributed by atoms with E-state index >= 15 is 0 Å². The highest BCUT2D eigenvalue weighted by Gasteiger charge is 2.25. The van der Waals surface area contributed by atoms with Crippen molar-refractivity contribution in [3.05, 3.63) is 69.7 Å². The topological polar surface area (TPSA) is 49.4 Å². The van der Waals surface area contributed by atoms with Crippen molar-refractivity contribution in [1.82, 2.24) is 10.2 Å². The molecule has 0 aromatic heterocycles. The number of likely N-dealkylation sites (N-methyl/N-ethyl adjacent to an activating group) is 1. The molecule has 0 aliphatic heterocycles. The van der Waals surface area contributed by atoms with E-state index in [2.05, 4.69) is 5.32 Å². The van der Waals surface area contributed by atoms with Crippen molar-refractivity contribution in [2.45, 2.75) is 32.7 Å². The molecule has 0 saturated carbocycles. The molecule has 2 aromatic carbocycles. The number of hydrogen-bond donors (Lipinski definition) is 1. The Morgan fingerprint density at radius 1 is 1.11 bits per heavy atom. The first-order chi connectivity index (χ1) is 12.9. The first-order valence-corrected chi connectivity index (χ1v) is 9.73. The summed E-state index contributed by atoms with van der Waals surface area (Å²) in [6.45, 7) is 4.57. The van der Waals surface area contributed by atoms with Crippen molar-refractivity contribution >= 4 is 35.0 Å². The maximum atomic E-state index is 13.0. The van der Waals surface area contributed by atoms with Crippen molar-refractivity contribution in [1.29, 1.82) is 0 Å². The molecule has 2 aromatic rings. The third kappa shape index (κ3) is 6.26. The Bertz CT molecular complexity index is 781. The minimum Gasteiger partial charge on any atom is -0.355 e. The van der Waals surface area contributed by atoms with Gasteiger partial charge in [0.2, 0.25) is 11.8 Å². The van der Waals surface area contributed by atoms with E-state index in [9.17, 15) is 9.59 Å². The summed E-state index contributed by atoms with van der Waals surface area (Å²) < 4.78 is 0. The van der Waals surface area contributed by atoms with Gasteiger partial charge in [-0.2, -0.15) is 0 Å². The molecule has 0 spiro atoms. The molecule has 0 heterocycles. The van der Waals surface area contributed by atoms with E-state index in [1.165, 1.54) is 0 Å². The van der Waals surface area contributed by atoms with Crippen LogP contribution in [0.5, 0.6) is 0 Å². The zero-order valence-electron chi connectivity index (χ0n) is 15.5. The normalized spacial score (nSPS) is 11.7. The summed E-state index contributed by atoms with van der Waals surface area (Å²) in [6, 6.07) is 14.4. The van der Waals surface area contributed by atoms with Gasteiger partial charge >= 0.3 is 0 Å². The Morgan fingerprint density at radius 2 is 1.81 bits per heavy atom. The molecule has 2 amide bonds. The molecule has 0 saturated heterocycles. The molecule has 2 rings (SSSR count). The van der Waals surface area contributed by atoms with Gasteiger partial charge in [-0.15, -0.1) is 0 Å². The molecule has 4 nitrogen and oxygen atoms in total. The van der Waals surface area contributed by atoms with E-state index in [0.717, 1.165) is 5.56 Å². The fraction of sp³-hybridized carbons (Fsp3) is 0.333. The van der Waals surface area contributed by atoms with E-state index in [0.29, 0.717) is 35.1 Å². The SMILES string of the molecule is CCNC(=O)[C@H](C)N(CCc1ccccc1)C(=O)Cc1ccc(Cl)cc1Cl. The smallest absolute Gasteiger partial charge is 0.242 e. The lowest BCUT2D eigenvalue weighted by Crippen LogP contribution is -2.49. The second-order valence-electron chi connectivity index (χ2n) is 6.31. The van der Waals surface area contributed by atoms with Crippen molar-refractivity contribution in [3.63, 3.8) is 0 Å². The van der Waals surface area contributed by atoms with Gasteiger partial charge in [-0.25, -0.2) is 0 Å². The first-order valence-electron chi connectivity index (χ1n) is 8.97. The number of nitrogens with one attached hydrogen (secondary N) is 1. The molecule has 27 heavy (non-hydrogen) atoms. The summed E-state index contributed by atoms with van der Waals surface area (Å²) in [5.74, 6) is -0.310. The highest BCUT2D eigenvalue weighted by atomic mass is 35.5. The monoisotopic (exact) mass is 406 g/mol. The molecule has 0 aliphatic carbocycles. The largest absolute Gasteiger partial charge is 0.355 e. The third-order valence-corrected chi connectivity index (χ3v) is 4.95. The third-order valence-electron chi connectivity index (χ3n) is 4.36. The fourth-order valence-electron chi connectivity index (χ4n) is 2.82. The van der Waals surface area contributed by atoms with Crippen LogP contribution in [-0.2, 0) is 22.4 Å². The van der Waals surface area contributed by atoms with Crippen LogP contribution in [0.3, 0.4) is 0 Å². The quantitative estimate of drug-likeness (QED) is 0.716. The Balaban J connectivity index is 2.16. The Labute approximate surface area is 170 Å². The molecule has 0 unspecified atom stereocenters. The van der Waals surface area contributed by atoms with Gasteiger partial charge in [-0.3, -0.25) is 9.59 Å². The van der Waals surface area contributed by atoms with Crippen LogP contribution in [-0.4, -0.2) is 35.8 Å². The average molecular weight is 407 g/mol. The van der Waals surface area contributed by atoms with Gasteiger partial charge < -0.3 is 10.2 Å². The van der Waals surface area contributed by atoms with Crippen LogP contribution in [0.4, 0.5) is 0 Å². The average Bonchev–Trinajstić information content (AvgIpc) is 2.65. The maximum absolute atomic E-state index is 13.0. The van der Waals surface area contributed by atoms with E-state index < -0.39 is 6.04 Å². The Hall–Kier alpha value is -2.04. The van der Waals surface area contributed by atoms with Crippen LogP contribution in [0.1, 0.15) is 25.0 Å². The lowest BCUT2D eigenvalue weighted by atomic mass is 10.1. The summed E-state index contributed by atoms with van der Waals surface area (Å²) in [7, 11) is 0. The van der Waals surface area contributed by atoms with Crippen molar-refractivity contribution < 1.29 is 9.59 Å². The molecule has 0 aliphatic rings.